The highest BCUT2D eigenvalue weighted by atomic mass is 32.1. The van der Waals surface area contributed by atoms with Crippen LogP contribution in [0, 0.1) is 11.3 Å². The normalized spacial score (nSPS) is 18.3. The monoisotopic (exact) mass is 565 g/mol. The third-order valence-electron chi connectivity index (χ3n) is 7.32. The largest absolute Gasteiger partial charge is 0.490 e. The minimum Gasteiger partial charge on any atom is -0.490 e. The fourth-order valence-electron chi connectivity index (χ4n) is 5.38. The zero-order valence-electron chi connectivity index (χ0n) is 24.1. The van der Waals surface area contributed by atoms with Crippen LogP contribution in [0.2, 0.25) is 0 Å². The van der Waals surface area contributed by atoms with Gasteiger partial charge in [0.1, 0.15) is 23.5 Å². The number of fused-ring (bicyclic) bond motifs is 4. The van der Waals surface area contributed by atoms with E-state index in [1.165, 1.54) is 16.0 Å². The summed E-state index contributed by atoms with van der Waals surface area (Å²) in [5.74, 6) is 0.908. The van der Waals surface area contributed by atoms with Crippen LogP contribution in [-0.4, -0.2) is 72.4 Å². The maximum absolute atomic E-state index is 12.7. The number of anilines is 1. The number of nitrogens with zero attached hydrogens (tertiary/aromatic N) is 4. The Balaban J connectivity index is 1.36. The first-order valence-corrected chi connectivity index (χ1v) is 14.6. The molecule has 0 bridgehead atoms. The Labute approximate surface area is 239 Å². The van der Waals surface area contributed by atoms with Crippen LogP contribution in [0.25, 0.3) is 10.9 Å². The van der Waals surface area contributed by atoms with Crippen LogP contribution in [0.3, 0.4) is 0 Å². The summed E-state index contributed by atoms with van der Waals surface area (Å²) >= 11 is 1.70. The molecule has 1 aliphatic carbocycles. The Hall–Kier alpha value is -3.60. The van der Waals surface area contributed by atoms with Crippen molar-refractivity contribution in [3.63, 3.8) is 0 Å². The van der Waals surface area contributed by atoms with E-state index in [4.69, 9.17) is 9.73 Å². The van der Waals surface area contributed by atoms with Gasteiger partial charge in [-0.15, -0.1) is 11.3 Å². The van der Waals surface area contributed by atoms with Crippen molar-refractivity contribution in [2.45, 2.75) is 52.6 Å². The molecule has 0 fully saturated rings. The van der Waals surface area contributed by atoms with E-state index in [1.54, 1.807) is 22.4 Å². The van der Waals surface area contributed by atoms with E-state index in [9.17, 15) is 9.59 Å². The van der Waals surface area contributed by atoms with Gasteiger partial charge in [-0.05, 0) is 36.3 Å². The summed E-state index contributed by atoms with van der Waals surface area (Å²) in [4.78, 5) is 34.7. The van der Waals surface area contributed by atoms with E-state index in [2.05, 4.69) is 25.7 Å². The molecule has 3 aromatic rings. The van der Waals surface area contributed by atoms with Gasteiger partial charge in [-0.2, -0.15) is 5.10 Å². The highest BCUT2D eigenvalue weighted by Crippen LogP contribution is 2.47. The van der Waals surface area contributed by atoms with Crippen LogP contribution in [-0.2, 0) is 22.4 Å². The molecule has 3 N–H and O–H groups in total. The maximum Gasteiger partial charge on any atom is 0.225 e. The van der Waals surface area contributed by atoms with Crippen molar-refractivity contribution in [3.05, 3.63) is 34.3 Å². The Morgan fingerprint density at radius 1 is 1.27 bits per heavy atom. The summed E-state index contributed by atoms with van der Waals surface area (Å²) in [6, 6.07) is 3.98. The van der Waals surface area contributed by atoms with Gasteiger partial charge in [0.25, 0.3) is 0 Å². The van der Waals surface area contributed by atoms with E-state index in [0.29, 0.717) is 25.3 Å². The lowest BCUT2D eigenvalue weighted by Gasteiger charge is -2.33. The Morgan fingerprint density at radius 2 is 2.08 bits per heavy atom. The van der Waals surface area contributed by atoms with E-state index in [0.717, 1.165) is 40.9 Å². The Bertz CT molecular complexity index is 1440. The molecule has 5 rings (SSSR count). The van der Waals surface area contributed by atoms with E-state index >= 15 is 0 Å². The highest BCUT2D eigenvalue weighted by molar-refractivity contribution is 7.16. The molecule has 2 aromatic heterocycles. The average Bonchev–Trinajstić information content (AvgIpc) is 3.50. The lowest BCUT2D eigenvalue weighted by atomic mass is 9.85. The number of rotatable bonds is 8. The van der Waals surface area contributed by atoms with Crippen molar-refractivity contribution < 1.29 is 14.3 Å². The first kappa shape index (κ1) is 27.9. The first-order valence-electron chi connectivity index (χ1n) is 13.7. The molecular formula is C29H39N7O3S. The number of ether oxygens (including phenoxy) is 1. The lowest BCUT2D eigenvalue weighted by Crippen LogP contribution is -2.34. The molecule has 10 nitrogen and oxygen atoms in total. The molecule has 11 heteroatoms. The van der Waals surface area contributed by atoms with Crippen LogP contribution in [0.5, 0.6) is 5.75 Å². The summed E-state index contributed by atoms with van der Waals surface area (Å²) in [5.41, 5.74) is 4.13. The molecule has 2 aliphatic rings. The van der Waals surface area contributed by atoms with Gasteiger partial charge in [-0.3, -0.25) is 14.7 Å². The minimum atomic E-state index is -0.146. The predicted molar refractivity (Wildman–Crippen MR) is 159 cm³/mol. The van der Waals surface area contributed by atoms with Gasteiger partial charge in [0.15, 0.2) is 0 Å². The average molecular weight is 566 g/mol. The van der Waals surface area contributed by atoms with Crippen LogP contribution < -0.4 is 15.4 Å². The zero-order valence-corrected chi connectivity index (χ0v) is 24.9. The second-order valence-corrected chi connectivity index (χ2v) is 13.2. The molecule has 40 heavy (non-hydrogen) atoms. The fourth-order valence-corrected chi connectivity index (χ4v) is 6.68. The number of aromatic nitrogens is 2. The fraction of sp³-hybridized carbons (Fsp3) is 0.517. The molecular weight excluding hydrogens is 526 g/mol. The summed E-state index contributed by atoms with van der Waals surface area (Å²) in [6.45, 7) is 6.90. The molecule has 2 atom stereocenters. The Kier molecular flexibility index (Phi) is 7.76. The minimum absolute atomic E-state index is 0.0168. The molecule has 0 saturated carbocycles. The molecule has 2 amide bonds. The number of nitrogens with one attached hydrogen (secondary N) is 3. The molecule has 3 heterocycles. The standard InChI is InChI=1S/C29H39N7O3S/c1-29(2,3)14-24(37)30-9-10-39-22-13-20-18(15-32-34-20)11-21(22)33-26-25-19-8-7-17(28(38)35(4)5)12-23(19)40-27(25)31-16-36(26)6/h11,13,15-17,26,33H,7-10,12,14H2,1-6H3,(H,30,37)(H,32,34)/t17-,26?/m0/s1. The second-order valence-electron chi connectivity index (χ2n) is 12.1. The van der Waals surface area contributed by atoms with Crippen LogP contribution in [0.15, 0.2) is 23.3 Å². The molecule has 0 radical (unpaired) electrons. The predicted octanol–water partition coefficient (Wildman–Crippen LogP) is 4.46. The number of H-pyrrole nitrogens is 1. The number of benzene rings is 1. The van der Waals surface area contributed by atoms with Gasteiger partial charge in [0.2, 0.25) is 11.8 Å². The molecule has 0 spiro atoms. The van der Waals surface area contributed by atoms with Crippen molar-refractivity contribution in [1.82, 2.24) is 25.3 Å². The number of aliphatic imine (C=N–C) groups is 1. The number of hydrogen-bond donors (Lipinski definition) is 3. The van der Waals surface area contributed by atoms with Gasteiger partial charge in [-0.25, -0.2) is 4.99 Å². The summed E-state index contributed by atoms with van der Waals surface area (Å²) in [5, 5.41) is 15.8. The van der Waals surface area contributed by atoms with Crippen LogP contribution in [0.1, 0.15) is 55.8 Å². The van der Waals surface area contributed by atoms with Crippen molar-refractivity contribution in [2.24, 2.45) is 16.3 Å². The third-order valence-corrected chi connectivity index (χ3v) is 8.50. The number of hydrogen-bond acceptors (Lipinski definition) is 8. The summed E-state index contributed by atoms with van der Waals surface area (Å²) < 4.78 is 6.20. The lowest BCUT2D eigenvalue weighted by molar-refractivity contribution is -0.133. The number of aromatic amines is 1. The van der Waals surface area contributed by atoms with Crippen LogP contribution in [0.4, 0.5) is 10.7 Å². The zero-order chi connectivity index (χ0) is 28.6. The number of thiophene rings is 1. The summed E-state index contributed by atoms with van der Waals surface area (Å²) in [6.07, 6.45) is 6.41. The topological polar surface area (TPSA) is 115 Å². The summed E-state index contributed by atoms with van der Waals surface area (Å²) in [7, 11) is 5.66. The molecule has 1 unspecified atom stereocenters. The quantitative estimate of drug-likeness (QED) is 0.348. The first-order chi connectivity index (χ1) is 19.0. The maximum atomic E-state index is 12.7. The smallest absolute Gasteiger partial charge is 0.225 e. The van der Waals surface area contributed by atoms with Gasteiger partial charge in [0, 0.05) is 55.4 Å². The highest BCUT2D eigenvalue weighted by Gasteiger charge is 2.35. The number of carbonyl (C=O) groups excluding carboxylic acids is 2. The molecule has 214 valence electrons. The van der Waals surface area contributed by atoms with Gasteiger partial charge < -0.3 is 25.2 Å². The van der Waals surface area contributed by atoms with Crippen molar-refractivity contribution in [1.29, 1.82) is 0 Å². The van der Waals surface area contributed by atoms with Crippen molar-refractivity contribution >= 4 is 51.1 Å². The number of amides is 2. The van der Waals surface area contributed by atoms with E-state index in [-0.39, 0.29) is 29.3 Å². The third kappa shape index (κ3) is 5.94. The SMILES string of the molecule is CN(C)C(=O)[C@H]1CCc2c(sc3c2C(Nc2cc4cn[nH]c4cc2OCCNC(=O)CC(C)(C)C)N(C)C=N3)C1. The van der Waals surface area contributed by atoms with E-state index in [1.807, 2.05) is 60.4 Å². The van der Waals surface area contributed by atoms with Crippen molar-refractivity contribution in [3.8, 4) is 5.75 Å². The van der Waals surface area contributed by atoms with Gasteiger partial charge >= 0.3 is 0 Å². The molecule has 1 aliphatic heterocycles. The van der Waals surface area contributed by atoms with Gasteiger partial charge in [0.05, 0.1) is 30.3 Å². The van der Waals surface area contributed by atoms with Crippen molar-refractivity contribution in [2.75, 3.05) is 39.6 Å². The number of carbonyl (C=O) groups is 2. The van der Waals surface area contributed by atoms with E-state index < -0.39 is 0 Å². The van der Waals surface area contributed by atoms with Crippen LogP contribution >= 0.6 is 11.3 Å². The Morgan fingerprint density at radius 3 is 2.83 bits per heavy atom. The van der Waals surface area contributed by atoms with Gasteiger partial charge in [-0.1, -0.05) is 20.8 Å². The molecule has 0 saturated heterocycles. The second kappa shape index (κ2) is 11.1. The molecule has 1 aromatic carbocycles.